The Morgan fingerprint density at radius 2 is 1.65 bits per heavy atom. The van der Waals surface area contributed by atoms with Crippen LogP contribution < -0.4 is 15.1 Å². The largest absolute Gasteiger partial charge is 0.499 e. The van der Waals surface area contributed by atoms with Gasteiger partial charge in [-0.2, -0.15) is 0 Å². The van der Waals surface area contributed by atoms with E-state index in [2.05, 4.69) is 26.0 Å². The summed E-state index contributed by atoms with van der Waals surface area (Å²) in [4.78, 5) is 11.9. The van der Waals surface area contributed by atoms with Gasteiger partial charge in [-0.15, -0.1) is 0 Å². The first-order valence-electron chi connectivity index (χ1n) is 9.03. The van der Waals surface area contributed by atoms with Gasteiger partial charge >= 0.3 is 5.63 Å². The molecule has 0 aliphatic rings. The molecule has 0 bridgehead atoms. The lowest BCUT2D eigenvalue weighted by molar-refractivity contribution is 0.295. The van der Waals surface area contributed by atoms with Gasteiger partial charge in [-0.1, -0.05) is 44.2 Å². The smallest absolute Gasteiger partial charge is 0.382 e. The van der Waals surface area contributed by atoms with Crippen LogP contribution in [0.4, 0.5) is 0 Å². The van der Waals surface area contributed by atoms with Crippen LogP contribution in [0.25, 0.3) is 11.0 Å². The predicted octanol–water partition coefficient (Wildman–Crippen LogP) is 4.97. The summed E-state index contributed by atoms with van der Waals surface area (Å²) in [6, 6.07) is 5.17. The number of fused-ring (bicyclic) bond motifs is 1. The molecule has 0 saturated heterocycles. The highest BCUT2D eigenvalue weighted by Crippen LogP contribution is 2.38. The minimum Gasteiger partial charge on any atom is -0.499 e. The van der Waals surface area contributed by atoms with Crippen molar-refractivity contribution in [3.63, 3.8) is 0 Å². The molecule has 2 rings (SSSR count). The fraction of sp³-hybridized carbons (Fsp3) is 0.381. The Balaban J connectivity index is 2.28. The average molecular weight is 358 g/mol. The van der Waals surface area contributed by atoms with Crippen molar-refractivity contribution in [2.45, 2.75) is 39.5 Å². The van der Waals surface area contributed by atoms with Crippen molar-refractivity contribution in [2.24, 2.45) is 0 Å². The fourth-order valence-electron chi connectivity index (χ4n) is 2.47. The quantitative estimate of drug-likeness (QED) is 0.369. The van der Waals surface area contributed by atoms with Crippen molar-refractivity contribution in [3.05, 3.63) is 52.9 Å². The van der Waals surface area contributed by atoms with Gasteiger partial charge in [0, 0.05) is 0 Å². The Morgan fingerprint density at radius 1 is 1.00 bits per heavy atom. The second kappa shape index (κ2) is 10.3. The van der Waals surface area contributed by atoms with Crippen molar-refractivity contribution in [3.8, 4) is 17.2 Å². The van der Waals surface area contributed by atoms with E-state index >= 15 is 0 Å². The van der Waals surface area contributed by atoms with Crippen LogP contribution in [0.15, 0.2) is 51.7 Å². The summed E-state index contributed by atoms with van der Waals surface area (Å²) in [5, 5.41) is 10.6. The van der Waals surface area contributed by atoms with Crippen LogP contribution >= 0.6 is 0 Å². The highest BCUT2D eigenvalue weighted by molar-refractivity contribution is 5.91. The molecule has 0 unspecified atom stereocenters. The molecule has 0 spiro atoms. The number of rotatable bonds is 10. The van der Waals surface area contributed by atoms with E-state index in [9.17, 15) is 9.90 Å². The van der Waals surface area contributed by atoms with Gasteiger partial charge in [0.2, 0.25) is 5.75 Å². The van der Waals surface area contributed by atoms with E-state index in [0.717, 1.165) is 19.3 Å². The first-order chi connectivity index (χ1) is 12.7. The molecule has 0 radical (unpaired) electrons. The van der Waals surface area contributed by atoms with E-state index in [1.165, 1.54) is 0 Å². The van der Waals surface area contributed by atoms with E-state index in [1.807, 2.05) is 12.2 Å². The number of benzene rings is 1. The summed E-state index contributed by atoms with van der Waals surface area (Å²) in [6.45, 7) is 4.95. The van der Waals surface area contributed by atoms with E-state index in [1.54, 1.807) is 18.2 Å². The van der Waals surface area contributed by atoms with E-state index in [4.69, 9.17) is 13.9 Å². The summed E-state index contributed by atoms with van der Waals surface area (Å²) in [6.07, 6.45) is 11.6. The normalized spacial score (nSPS) is 11.6. The van der Waals surface area contributed by atoms with Crippen LogP contribution in [0.5, 0.6) is 17.2 Å². The molecule has 140 valence electrons. The van der Waals surface area contributed by atoms with Crippen molar-refractivity contribution in [2.75, 3.05) is 13.2 Å². The molecule has 1 aromatic carbocycles. The van der Waals surface area contributed by atoms with Gasteiger partial charge in [-0.05, 0) is 37.8 Å². The lowest BCUT2D eigenvalue weighted by Gasteiger charge is -2.13. The number of hydrogen-bond acceptors (Lipinski definition) is 5. The third-order valence-electron chi connectivity index (χ3n) is 3.70. The second-order valence-electron chi connectivity index (χ2n) is 5.73. The van der Waals surface area contributed by atoms with Crippen LogP contribution in [-0.2, 0) is 0 Å². The summed E-state index contributed by atoms with van der Waals surface area (Å²) in [5.41, 5.74) is -0.492. The highest BCUT2D eigenvalue weighted by atomic mass is 16.5. The number of ether oxygens (including phenoxy) is 2. The predicted molar refractivity (Wildman–Crippen MR) is 103 cm³/mol. The molecule has 0 aliphatic heterocycles. The van der Waals surface area contributed by atoms with Crippen molar-refractivity contribution in [1.29, 1.82) is 0 Å². The Bertz CT molecular complexity index is 817. The maximum absolute atomic E-state index is 11.9. The van der Waals surface area contributed by atoms with E-state index in [-0.39, 0.29) is 5.75 Å². The Labute approximate surface area is 153 Å². The van der Waals surface area contributed by atoms with Crippen molar-refractivity contribution < 1.29 is 19.0 Å². The topological polar surface area (TPSA) is 68.9 Å². The number of hydrogen-bond donors (Lipinski definition) is 1. The Morgan fingerprint density at radius 3 is 2.31 bits per heavy atom. The van der Waals surface area contributed by atoms with Gasteiger partial charge in [0.25, 0.3) is 0 Å². The van der Waals surface area contributed by atoms with Gasteiger partial charge in [0.05, 0.1) is 13.2 Å². The third-order valence-corrected chi connectivity index (χ3v) is 3.70. The van der Waals surface area contributed by atoms with Gasteiger partial charge in [-0.3, -0.25) is 0 Å². The molecule has 0 saturated carbocycles. The molecular formula is C21H26O5. The maximum Gasteiger partial charge on any atom is 0.382 e. The van der Waals surface area contributed by atoms with Gasteiger partial charge in [0.1, 0.15) is 16.7 Å². The molecular weight excluding hydrogens is 332 g/mol. The van der Waals surface area contributed by atoms with E-state index in [0.29, 0.717) is 36.4 Å². The van der Waals surface area contributed by atoms with Crippen molar-refractivity contribution in [1.82, 2.24) is 0 Å². The van der Waals surface area contributed by atoms with E-state index < -0.39 is 11.4 Å². The summed E-state index contributed by atoms with van der Waals surface area (Å²) < 4.78 is 16.7. The van der Waals surface area contributed by atoms with Gasteiger partial charge in [0.15, 0.2) is 5.75 Å². The standard InChI is InChI=1S/C21H26O5/c1-3-5-7-9-14-24-16-12-11-13-17-18(16)20(19(22)21(23)26-17)25-15-10-8-6-4-2/h5-8,11-13,22H,3-4,9-10,14-15H2,1-2H3. The average Bonchev–Trinajstić information content (AvgIpc) is 2.64. The molecule has 1 aromatic heterocycles. The summed E-state index contributed by atoms with van der Waals surface area (Å²) >= 11 is 0. The molecule has 26 heavy (non-hydrogen) atoms. The van der Waals surface area contributed by atoms with Crippen LogP contribution in [0, 0.1) is 0 Å². The van der Waals surface area contributed by atoms with Crippen molar-refractivity contribution >= 4 is 11.0 Å². The summed E-state index contributed by atoms with van der Waals surface area (Å²) in [5.74, 6) is 0.102. The maximum atomic E-state index is 11.9. The molecule has 2 aromatic rings. The zero-order valence-corrected chi connectivity index (χ0v) is 15.4. The fourth-order valence-corrected chi connectivity index (χ4v) is 2.47. The lowest BCUT2D eigenvalue weighted by Crippen LogP contribution is -2.06. The Kier molecular flexibility index (Phi) is 7.80. The van der Waals surface area contributed by atoms with Crippen LogP contribution in [0.1, 0.15) is 39.5 Å². The second-order valence-corrected chi connectivity index (χ2v) is 5.73. The first-order valence-corrected chi connectivity index (χ1v) is 9.03. The molecule has 1 N–H and O–H groups in total. The molecule has 0 amide bonds. The zero-order chi connectivity index (χ0) is 18.8. The molecule has 5 nitrogen and oxygen atoms in total. The van der Waals surface area contributed by atoms with Crippen LogP contribution in [0.3, 0.4) is 0 Å². The molecule has 1 heterocycles. The zero-order valence-electron chi connectivity index (χ0n) is 15.4. The van der Waals surface area contributed by atoms with Crippen LogP contribution in [-0.4, -0.2) is 18.3 Å². The SMILES string of the molecule is CCC=CCCOc1cccc2oc(=O)c(O)c(OCCC=CCC)c12. The Hall–Kier alpha value is -2.69. The monoisotopic (exact) mass is 358 g/mol. The molecule has 5 heteroatoms. The highest BCUT2D eigenvalue weighted by Gasteiger charge is 2.19. The number of aromatic hydroxyl groups is 1. The third kappa shape index (κ3) is 5.15. The summed E-state index contributed by atoms with van der Waals surface area (Å²) in [7, 11) is 0. The van der Waals surface area contributed by atoms with Gasteiger partial charge in [-0.25, -0.2) is 4.79 Å². The number of allylic oxidation sites excluding steroid dienone is 2. The lowest BCUT2D eigenvalue weighted by atomic mass is 10.2. The van der Waals surface area contributed by atoms with Crippen LogP contribution in [0.2, 0.25) is 0 Å². The molecule has 0 aliphatic carbocycles. The molecule has 0 fully saturated rings. The molecule has 0 atom stereocenters. The van der Waals surface area contributed by atoms with Gasteiger partial charge < -0.3 is 19.0 Å². The first kappa shape index (κ1) is 19.6. The minimum atomic E-state index is -0.820. The minimum absolute atomic E-state index is 0.112.